The van der Waals surface area contributed by atoms with Crippen LogP contribution < -0.4 is 5.73 Å². The van der Waals surface area contributed by atoms with Gasteiger partial charge in [0.15, 0.2) is 17.3 Å². The van der Waals surface area contributed by atoms with Crippen LogP contribution >= 0.6 is 11.6 Å². The van der Waals surface area contributed by atoms with Gasteiger partial charge in [0.25, 0.3) is 12.3 Å². The molecule has 2 N–H and O–H groups in total. The number of nitrogens with zero attached hydrogens (tertiary/aromatic N) is 7. The molecule has 0 saturated carbocycles. The van der Waals surface area contributed by atoms with E-state index in [0.29, 0.717) is 21.4 Å². The average molecular weight is 735 g/mol. The van der Waals surface area contributed by atoms with Crippen molar-refractivity contribution in [3.63, 3.8) is 0 Å². The van der Waals surface area contributed by atoms with Crippen LogP contribution in [0.15, 0.2) is 66.2 Å². The Morgan fingerprint density at radius 2 is 1.75 bits per heavy atom. The molecule has 5 rings (SSSR count). The summed E-state index contributed by atoms with van der Waals surface area (Å²) in [5.41, 5.74) is 6.21. The molecule has 0 saturated heterocycles. The molecule has 3 atom stereocenters. The summed E-state index contributed by atoms with van der Waals surface area (Å²) < 4.78 is 74.3. The van der Waals surface area contributed by atoms with Crippen LogP contribution in [0.2, 0.25) is 5.02 Å². The highest BCUT2D eigenvalue weighted by molar-refractivity contribution is 6.32. The molecule has 4 aromatic rings. The topological polar surface area (TPSA) is 134 Å². The van der Waals surface area contributed by atoms with Crippen molar-refractivity contribution in [3.8, 4) is 16.8 Å². The van der Waals surface area contributed by atoms with Gasteiger partial charge in [-0.3, -0.25) is 14.5 Å². The maximum Gasteiger partial charge on any atom is 0.333 e. The standard InChI is InChI=1S/C34H36ClF5N8O3/c1-19(36)5-12-27(49)51-16-26(21-8-11-24(35)25(13-21)48-29(28(37)38)42-18-44-48)47-30(50)34(45-32(47)41,17-33(2,3)4)23-9-6-20(7-10-23)22-14-43-46(15-22)31(39)40/h6-11,13-15,18-19,26,28,31H,5,12,16-17H2,1-4H3,(H2,41,45)/t19?,26-,34-/m1/s1. The van der Waals surface area contributed by atoms with Gasteiger partial charge in [-0.2, -0.15) is 19.0 Å². The Balaban J connectivity index is 1.57. The molecule has 51 heavy (non-hydrogen) atoms. The highest BCUT2D eigenvalue weighted by Gasteiger charge is 2.53. The number of alkyl halides is 5. The number of esters is 1. The third-order valence-electron chi connectivity index (χ3n) is 8.22. The van der Waals surface area contributed by atoms with Gasteiger partial charge in [-0.25, -0.2) is 32.5 Å². The second-order valence-electron chi connectivity index (χ2n) is 13.4. The number of guanidine groups is 1. The lowest BCUT2D eigenvalue weighted by Gasteiger charge is -2.35. The summed E-state index contributed by atoms with van der Waals surface area (Å²) in [6.07, 6.45) is -0.953. The molecule has 2 aromatic heterocycles. The van der Waals surface area contributed by atoms with E-state index in [2.05, 4.69) is 15.2 Å². The van der Waals surface area contributed by atoms with Crippen LogP contribution in [-0.4, -0.2) is 60.1 Å². The Bertz CT molecular complexity index is 1910. The van der Waals surface area contributed by atoms with Crippen molar-refractivity contribution in [1.29, 1.82) is 0 Å². The summed E-state index contributed by atoms with van der Waals surface area (Å²) in [5, 5.41) is 7.62. The van der Waals surface area contributed by atoms with Gasteiger partial charge < -0.3 is 10.5 Å². The third kappa shape index (κ3) is 8.05. The maximum absolute atomic E-state index is 14.8. The van der Waals surface area contributed by atoms with Crippen molar-refractivity contribution in [3.05, 3.63) is 83.2 Å². The number of carbonyl (C=O) groups excluding carboxylic acids is 2. The number of hydrogen-bond donors (Lipinski definition) is 1. The van der Waals surface area contributed by atoms with Gasteiger partial charge in [-0.15, -0.1) is 0 Å². The van der Waals surface area contributed by atoms with Crippen LogP contribution in [0.1, 0.15) is 82.9 Å². The number of carbonyl (C=O) groups is 2. The fraction of sp³-hybridized carbons (Fsp3) is 0.412. The zero-order valence-electron chi connectivity index (χ0n) is 28.1. The molecule has 1 unspecified atom stereocenters. The molecule has 17 heteroatoms. The lowest BCUT2D eigenvalue weighted by atomic mass is 9.75. The fourth-order valence-corrected chi connectivity index (χ4v) is 6.17. The van der Waals surface area contributed by atoms with Gasteiger partial charge in [-0.1, -0.05) is 62.7 Å². The van der Waals surface area contributed by atoms with E-state index in [-0.39, 0.29) is 41.5 Å². The molecule has 1 aliphatic heterocycles. The number of nitrogens with two attached hydrogens (primary N) is 1. The molecule has 0 bridgehead atoms. The van der Waals surface area contributed by atoms with E-state index in [1.165, 1.54) is 42.4 Å². The molecule has 11 nitrogen and oxygen atoms in total. The summed E-state index contributed by atoms with van der Waals surface area (Å²) in [4.78, 5) is 37.1. The van der Waals surface area contributed by atoms with E-state index < -0.39 is 60.5 Å². The lowest BCUT2D eigenvalue weighted by Crippen LogP contribution is -2.47. The van der Waals surface area contributed by atoms with Crippen molar-refractivity contribution < 1.29 is 36.3 Å². The van der Waals surface area contributed by atoms with Crippen LogP contribution in [0, 0.1) is 5.41 Å². The van der Waals surface area contributed by atoms with E-state index in [1.54, 1.807) is 24.3 Å². The third-order valence-corrected chi connectivity index (χ3v) is 8.54. The van der Waals surface area contributed by atoms with Gasteiger partial charge >= 0.3 is 12.5 Å². The fourth-order valence-electron chi connectivity index (χ4n) is 5.97. The highest BCUT2D eigenvalue weighted by Crippen LogP contribution is 2.45. The van der Waals surface area contributed by atoms with Crippen LogP contribution in [-0.2, 0) is 19.9 Å². The SMILES string of the molecule is CC(F)CCC(=O)OC[C@H](c1ccc(Cl)c(-n2ncnc2C(F)F)c1)N1C(=O)[C@@](CC(C)(C)C)(c2ccc(-c3cnn(C(F)F)c3)cc2)N=C1N. The Kier molecular flexibility index (Phi) is 10.8. The van der Waals surface area contributed by atoms with Crippen LogP contribution in [0.25, 0.3) is 16.8 Å². The molecule has 2 aromatic carbocycles. The van der Waals surface area contributed by atoms with E-state index in [1.807, 2.05) is 20.8 Å². The van der Waals surface area contributed by atoms with Crippen molar-refractivity contribution in [2.45, 2.75) is 77.7 Å². The van der Waals surface area contributed by atoms with Crippen molar-refractivity contribution in [2.24, 2.45) is 16.1 Å². The first-order valence-corrected chi connectivity index (χ1v) is 16.3. The van der Waals surface area contributed by atoms with E-state index in [9.17, 15) is 31.5 Å². The summed E-state index contributed by atoms with van der Waals surface area (Å²) in [7, 11) is 0. The zero-order chi connectivity index (χ0) is 37.2. The van der Waals surface area contributed by atoms with Crippen LogP contribution in [0.5, 0.6) is 0 Å². The first kappa shape index (κ1) is 37.4. The molecule has 0 fully saturated rings. The largest absolute Gasteiger partial charge is 0.463 e. The summed E-state index contributed by atoms with van der Waals surface area (Å²) in [6.45, 7) is 3.78. The Morgan fingerprint density at radius 3 is 2.35 bits per heavy atom. The van der Waals surface area contributed by atoms with Gasteiger partial charge in [0.05, 0.1) is 29.1 Å². The van der Waals surface area contributed by atoms with Crippen molar-refractivity contribution in [2.75, 3.05) is 6.61 Å². The van der Waals surface area contributed by atoms with Gasteiger partial charge in [0.2, 0.25) is 0 Å². The highest BCUT2D eigenvalue weighted by atomic mass is 35.5. The lowest BCUT2D eigenvalue weighted by molar-refractivity contribution is -0.148. The molecule has 0 aliphatic carbocycles. The van der Waals surface area contributed by atoms with Crippen molar-refractivity contribution >= 4 is 29.4 Å². The van der Waals surface area contributed by atoms with E-state index >= 15 is 0 Å². The Hall–Kier alpha value is -4.86. The number of halogens is 6. The number of ether oxygens (including phenoxy) is 1. The van der Waals surface area contributed by atoms with Crippen molar-refractivity contribution in [1.82, 2.24) is 29.4 Å². The quantitative estimate of drug-likeness (QED) is 0.112. The molecule has 0 spiro atoms. The molecule has 272 valence electrons. The number of aromatic nitrogens is 5. The van der Waals surface area contributed by atoms with Gasteiger partial charge in [-0.05, 0) is 54.0 Å². The summed E-state index contributed by atoms with van der Waals surface area (Å²) in [5.74, 6) is -2.19. The molecular weight excluding hydrogens is 699 g/mol. The maximum atomic E-state index is 14.8. The predicted molar refractivity (Wildman–Crippen MR) is 178 cm³/mol. The molecule has 3 heterocycles. The minimum atomic E-state index is -2.99. The minimum absolute atomic E-state index is 0.0124. The second-order valence-corrected chi connectivity index (χ2v) is 13.8. The number of aliphatic imine (C=N–C) groups is 1. The predicted octanol–water partition coefficient (Wildman–Crippen LogP) is 7.33. The summed E-state index contributed by atoms with van der Waals surface area (Å²) in [6, 6.07) is 9.81. The second kappa shape index (κ2) is 14.8. The van der Waals surface area contributed by atoms with Crippen LogP contribution in [0.4, 0.5) is 22.0 Å². The van der Waals surface area contributed by atoms with Crippen LogP contribution in [0.3, 0.4) is 0 Å². The molecule has 1 amide bonds. The average Bonchev–Trinajstić information content (AvgIpc) is 3.80. The first-order chi connectivity index (χ1) is 24.0. The number of benzene rings is 2. The smallest absolute Gasteiger partial charge is 0.333 e. The number of rotatable bonds is 13. The van der Waals surface area contributed by atoms with E-state index in [0.717, 1.165) is 11.0 Å². The first-order valence-electron chi connectivity index (χ1n) is 15.9. The summed E-state index contributed by atoms with van der Waals surface area (Å²) >= 11 is 6.43. The normalized spacial score (nSPS) is 17.7. The van der Waals surface area contributed by atoms with E-state index in [4.69, 9.17) is 27.1 Å². The minimum Gasteiger partial charge on any atom is -0.463 e. The molecule has 0 radical (unpaired) electrons. The monoisotopic (exact) mass is 734 g/mol. The number of hydrogen-bond acceptors (Lipinski definition) is 8. The number of amides is 1. The molecule has 1 aliphatic rings. The van der Waals surface area contributed by atoms with Gasteiger partial charge in [0, 0.05) is 18.2 Å². The zero-order valence-corrected chi connectivity index (χ0v) is 28.9. The Labute approximate surface area is 295 Å². The van der Waals surface area contributed by atoms with Gasteiger partial charge in [0.1, 0.15) is 12.9 Å². The molecular formula is C34H36ClF5N8O3. The Morgan fingerprint density at radius 1 is 1.04 bits per heavy atom.